The van der Waals surface area contributed by atoms with E-state index in [1.54, 1.807) is 0 Å². The summed E-state index contributed by atoms with van der Waals surface area (Å²) in [7, 11) is 1.44. The summed E-state index contributed by atoms with van der Waals surface area (Å²) in [5, 5.41) is 14.6. The van der Waals surface area contributed by atoms with Gasteiger partial charge in [0, 0.05) is 0 Å². The van der Waals surface area contributed by atoms with Gasteiger partial charge in [-0.25, -0.2) is 0 Å². The number of piperidine rings is 2. The zero-order valence-electron chi connectivity index (χ0n) is 11.0. The second kappa shape index (κ2) is 4.76. The van der Waals surface area contributed by atoms with Crippen molar-refractivity contribution in [2.45, 2.75) is 24.9 Å². The molecule has 2 aliphatic heterocycles. The summed E-state index contributed by atoms with van der Waals surface area (Å²) in [6.07, 6.45) is 2.34. The lowest BCUT2D eigenvalue weighted by Gasteiger charge is -2.08. The van der Waals surface area contributed by atoms with Crippen molar-refractivity contribution in [1.29, 1.82) is 0 Å². The van der Waals surface area contributed by atoms with Crippen molar-refractivity contribution in [3.63, 3.8) is 0 Å². The summed E-state index contributed by atoms with van der Waals surface area (Å²) >= 11 is 0. The highest BCUT2D eigenvalue weighted by atomic mass is 16.5. The molecule has 6 heteroatoms. The van der Waals surface area contributed by atoms with Crippen LogP contribution in [0.5, 0.6) is 0 Å². The third-order valence-electron chi connectivity index (χ3n) is 4.73. The van der Waals surface area contributed by atoms with Gasteiger partial charge >= 0.3 is 11.9 Å². The van der Waals surface area contributed by atoms with Gasteiger partial charge in [0.25, 0.3) is 0 Å². The summed E-state index contributed by atoms with van der Waals surface area (Å²) in [6, 6.07) is -0.218. The molecule has 4 aliphatic rings. The Labute approximate surface area is 111 Å². The van der Waals surface area contributed by atoms with Crippen LogP contribution in [0, 0.1) is 23.7 Å². The molecule has 6 nitrogen and oxygen atoms in total. The van der Waals surface area contributed by atoms with E-state index in [1.165, 1.54) is 13.5 Å². The van der Waals surface area contributed by atoms with E-state index in [4.69, 9.17) is 5.11 Å². The third-order valence-corrected chi connectivity index (χ3v) is 4.73. The average Bonchev–Trinajstić information content (AvgIpc) is 3.28. The Morgan fingerprint density at radius 3 is 1.84 bits per heavy atom. The van der Waals surface area contributed by atoms with E-state index in [2.05, 4.69) is 15.4 Å². The Hall–Kier alpha value is -1.14. The van der Waals surface area contributed by atoms with E-state index in [0.29, 0.717) is 17.8 Å². The van der Waals surface area contributed by atoms with E-state index in [9.17, 15) is 9.59 Å². The number of carbonyl (C=O) groups excluding carboxylic acids is 1. The Morgan fingerprint density at radius 2 is 1.58 bits per heavy atom. The molecule has 2 aliphatic carbocycles. The van der Waals surface area contributed by atoms with Crippen molar-refractivity contribution in [3.05, 3.63) is 0 Å². The smallest absolute Gasteiger partial charge is 0.323 e. The summed E-state index contributed by atoms with van der Waals surface area (Å²) in [5.41, 5.74) is 0. The van der Waals surface area contributed by atoms with Gasteiger partial charge < -0.3 is 20.5 Å². The van der Waals surface area contributed by atoms with Gasteiger partial charge in [-0.1, -0.05) is 0 Å². The molecule has 0 aromatic heterocycles. The molecule has 3 N–H and O–H groups in total. The first-order chi connectivity index (χ1) is 9.11. The van der Waals surface area contributed by atoms with E-state index in [0.717, 1.165) is 25.4 Å². The van der Waals surface area contributed by atoms with Crippen LogP contribution in [-0.4, -0.2) is 49.3 Å². The van der Waals surface area contributed by atoms with Gasteiger partial charge in [-0.05, 0) is 49.6 Å². The first-order valence-corrected chi connectivity index (χ1v) is 6.89. The van der Waals surface area contributed by atoms with Gasteiger partial charge in [-0.3, -0.25) is 9.59 Å². The van der Waals surface area contributed by atoms with Gasteiger partial charge in [-0.2, -0.15) is 0 Å². The average molecular weight is 268 g/mol. The van der Waals surface area contributed by atoms with Crippen LogP contribution in [0.1, 0.15) is 12.8 Å². The highest BCUT2D eigenvalue weighted by molar-refractivity contribution is 5.77. The molecule has 19 heavy (non-hydrogen) atoms. The number of carboxylic acid groups (broad SMARTS) is 1. The number of carboxylic acids is 1. The highest BCUT2D eigenvalue weighted by Crippen LogP contribution is 2.45. The van der Waals surface area contributed by atoms with Gasteiger partial charge in [0.2, 0.25) is 0 Å². The highest BCUT2D eigenvalue weighted by Gasteiger charge is 2.51. The SMILES string of the molecule is COC(=O)[C@@H]1NC[C@H]2C[C@H]21.O=C(O)[C@@H]1NC[C@H]2C[C@H]21. The quantitative estimate of drug-likeness (QED) is 0.582. The number of aliphatic carboxylic acids is 1. The maximum atomic E-state index is 11.0. The van der Waals surface area contributed by atoms with Crippen LogP contribution in [0.15, 0.2) is 0 Å². The van der Waals surface area contributed by atoms with E-state index in [1.807, 2.05) is 0 Å². The number of hydrogen-bond donors (Lipinski definition) is 3. The molecular formula is C13H20N2O4. The predicted molar refractivity (Wildman–Crippen MR) is 66.4 cm³/mol. The maximum absolute atomic E-state index is 11.0. The fraction of sp³-hybridized carbons (Fsp3) is 0.846. The van der Waals surface area contributed by atoms with Crippen molar-refractivity contribution < 1.29 is 19.4 Å². The Kier molecular flexibility index (Phi) is 3.22. The molecule has 0 aromatic carbocycles. The zero-order valence-corrected chi connectivity index (χ0v) is 11.0. The number of rotatable bonds is 2. The van der Waals surface area contributed by atoms with Gasteiger partial charge in [0.15, 0.2) is 0 Å². The fourth-order valence-corrected chi connectivity index (χ4v) is 3.34. The lowest BCUT2D eigenvalue weighted by atomic mass is 10.2. The summed E-state index contributed by atoms with van der Waals surface area (Å²) in [4.78, 5) is 21.3. The van der Waals surface area contributed by atoms with Crippen molar-refractivity contribution in [2.24, 2.45) is 23.7 Å². The number of nitrogens with one attached hydrogen (secondary N) is 2. The topological polar surface area (TPSA) is 87.7 Å². The van der Waals surface area contributed by atoms with Crippen molar-refractivity contribution >= 4 is 11.9 Å². The summed E-state index contributed by atoms with van der Waals surface area (Å²) in [6.45, 7) is 1.92. The molecule has 2 saturated carbocycles. The minimum absolute atomic E-state index is 0.00926. The standard InChI is InChI=1S/C7H11NO2.C6H9NO2/c1-10-7(9)6-5-2-4(5)3-8-6;8-6(9)5-4-1-3(4)2-7-5/h4-6,8H,2-3H2,1H3;3-5,7H,1-2H2,(H,8,9)/t4-,5-,6-;3-,4-,5-/m11/s1. The van der Waals surface area contributed by atoms with Crippen molar-refractivity contribution in [2.75, 3.05) is 20.2 Å². The van der Waals surface area contributed by atoms with Crippen LogP contribution in [0.3, 0.4) is 0 Å². The number of methoxy groups -OCH3 is 1. The minimum Gasteiger partial charge on any atom is -0.480 e. The van der Waals surface area contributed by atoms with Crippen LogP contribution in [0.2, 0.25) is 0 Å². The van der Waals surface area contributed by atoms with Crippen LogP contribution >= 0.6 is 0 Å². The molecule has 2 heterocycles. The minimum atomic E-state index is -0.681. The number of carbonyl (C=O) groups is 2. The first kappa shape index (κ1) is 12.9. The predicted octanol–water partition coefficient (Wildman–Crippen LogP) is -0.554. The number of fused-ring (bicyclic) bond motifs is 2. The Morgan fingerprint density at radius 1 is 1.05 bits per heavy atom. The fourth-order valence-electron chi connectivity index (χ4n) is 3.34. The molecule has 0 amide bonds. The molecule has 4 fully saturated rings. The maximum Gasteiger partial charge on any atom is 0.323 e. The molecule has 6 atom stereocenters. The van der Waals surface area contributed by atoms with E-state index in [-0.39, 0.29) is 18.1 Å². The second-order valence-electron chi connectivity index (χ2n) is 5.95. The molecule has 0 aromatic rings. The van der Waals surface area contributed by atoms with Crippen LogP contribution < -0.4 is 10.6 Å². The van der Waals surface area contributed by atoms with Gasteiger partial charge in [0.1, 0.15) is 12.1 Å². The summed E-state index contributed by atoms with van der Waals surface area (Å²) in [5.74, 6) is 1.73. The van der Waals surface area contributed by atoms with Crippen LogP contribution in [0.25, 0.3) is 0 Å². The monoisotopic (exact) mass is 268 g/mol. The van der Waals surface area contributed by atoms with E-state index < -0.39 is 5.97 Å². The van der Waals surface area contributed by atoms with Gasteiger partial charge in [-0.15, -0.1) is 0 Å². The molecular weight excluding hydrogens is 248 g/mol. The Bertz CT molecular complexity index is 400. The lowest BCUT2D eigenvalue weighted by molar-refractivity contribution is -0.143. The summed E-state index contributed by atoms with van der Waals surface area (Å²) < 4.78 is 4.63. The molecule has 0 radical (unpaired) electrons. The van der Waals surface area contributed by atoms with Gasteiger partial charge in [0.05, 0.1) is 7.11 Å². The molecule has 2 saturated heterocycles. The lowest BCUT2D eigenvalue weighted by Crippen LogP contribution is -2.35. The van der Waals surface area contributed by atoms with Crippen molar-refractivity contribution in [3.8, 4) is 0 Å². The normalized spacial score (nSPS) is 44.5. The van der Waals surface area contributed by atoms with Crippen LogP contribution in [0.4, 0.5) is 0 Å². The third kappa shape index (κ3) is 2.47. The van der Waals surface area contributed by atoms with Crippen LogP contribution in [-0.2, 0) is 14.3 Å². The Balaban J connectivity index is 0.000000117. The number of hydrogen-bond acceptors (Lipinski definition) is 5. The molecule has 4 rings (SSSR count). The van der Waals surface area contributed by atoms with E-state index >= 15 is 0 Å². The second-order valence-corrected chi connectivity index (χ2v) is 5.95. The number of esters is 1. The molecule has 0 bridgehead atoms. The number of ether oxygens (including phenoxy) is 1. The zero-order chi connectivity index (χ0) is 13.6. The largest absolute Gasteiger partial charge is 0.480 e. The molecule has 0 spiro atoms. The molecule has 106 valence electrons. The first-order valence-electron chi connectivity index (χ1n) is 6.89. The van der Waals surface area contributed by atoms with Crippen molar-refractivity contribution in [1.82, 2.24) is 10.6 Å². The molecule has 0 unspecified atom stereocenters.